The van der Waals surface area contributed by atoms with Crippen LogP contribution in [0.1, 0.15) is 29.9 Å². The number of amides is 3. The van der Waals surface area contributed by atoms with Gasteiger partial charge in [-0.15, -0.1) is 0 Å². The minimum atomic E-state index is -0.841. The lowest BCUT2D eigenvalue weighted by molar-refractivity contribution is 0.132. The van der Waals surface area contributed by atoms with Crippen molar-refractivity contribution < 1.29 is 14.7 Å². The number of urea groups is 1. The molecule has 2 aliphatic heterocycles. The average molecular weight is 275 g/mol. The van der Waals surface area contributed by atoms with E-state index in [1.54, 1.807) is 0 Å². The Kier molecular flexibility index (Phi) is 3.22. The first-order valence-corrected chi connectivity index (χ1v) is 6.79. The van der Waals surface area contributed by atoms with E-state index in [4.69, 9.17) is 5.11 Å². The number of rotatable bonds is 1. The summed E-state index contributed by atoms with van der Waals surface area (Å²) >= 11 is 0. The third-order valence-corrected chi connectivity index (χ3v) is 4.06. The Balaban J connectivity index is 1.74. The van der Waals surface area contributed by atoms with Crippen molar-refractivity contribution in [1.29, 1.82) is 0 Å². The van der Waals surface area contributed by atoms with Gasteiger partial charge < -0.3 is 20.6 Å². The van der Waals surface area contributed by atoms with E-state index in [2.05, 4.69) is 16.7 Å². The van der Waals surface area contributed by atoms with E-state index in [9.17, 15) is 9.59 Å². The summed E-state index contributed by atoms with van der Waals surface area (Å²) in [5, 5.41) is 14.5. The van der Waals surface area contributed by atoms with Crippen LogP contribution in [0.5, 0.6) is 0 Å². The molecule has 0 atom stereocenters. The molecule has 6 nitrogen and oxygen atoms in total. The van der Waals surface area contributed by atoms with Gasteiger partial charge in [0.15, 0.2) is 0 Å². The molecular weight excluding hydrogens is 258 g/mol. The number of benzene rings is 1. The van der Waals surface area contributed by atoms with E-state index in [0.29, 0.717) is 25.6 Å². The van der Waals surface area contributed by atoms with Crippen LogP contribution in [0.3, 0.4) is 0 Å². The fourth-order valence-electron chi connectivity index (χ4n) is 2.86. The zero-order chi connectivity index (χ0) is 14.1. The summed E-state index contributed by atoms with van der Waals surface area (Å²) in [4.78, 5) is 23.7. The van der Waals surface area contributed by atoms with Gasteiger partial charge in [-0.25, -0.2) is 9.59 Å². The normalized spacial score (nSPS) is 19.0. The van der Waals surface area contributed by atoms with Gasteiger partial charge in [0.2, 0.25) is 0 Å². The Hall–Kier alpha value is -2.24. The quantitative estimate of drug-likeness (QED) is 0.734. The van der Waals surface area contributed by atoms with Crippen molar-refractivity contribution in [3.63, 3.8) is 0 Å². The van der Waals surface area contributed by atoms with Crippen molar-refractivity contribution >= 4 is 17.8 Å². The van der Waals surface area contributed by atoms with Crippen LogP contribution >= 0.6 is 0 Å². The van der Waals surface area contributed by atoms with Gasteiger partial charge in [0.1, 0.15) is 0 Å². The zero-order valence-corrected chi connectivity index (χ0v) is 11.1. The molecule has 1 saturated heterocycles. The van der Waals surface area contributed by atoms with Crippen LogP contribution in [0, 0.1) is 0 Å². The average Bonchev–Trinajstić information content (AvgIpc) is 2.46. The molecule has 0 aliphatic carbocycles. The van der Waals surface area contributed by atoms with Crippen LogP contribution in [-0.2, 0) is 6.54 Å². The number of nitrogens with one attached hydrogen (secondary N) is 2. The fraction of sp³-hybridized carbons (Fsp3) is 0.429. The van der Waals surface area contributed by atoms with Gasteiger partial charge in [-0.05, 0) is 36.0 Å². The van der Waals surface area contributed by atoms with Crippen LogP contribution < -0.4 is 10.6 Å². The van der Waals surface area contributed by atoms with E-state index < -0.39 is 6.09 Å². The summed E-state index contributed by atoms with van der Waals surface area (Å²) in [6.45, 7) is 1.70. The number of anilines is 1. The van der Waals surface area contributed by atoms with Crippen LogP contribution in [-0.4, -0.2) is 35.2 Å². The maximum absolute atomic E-state index is 11.3. The monoisotopic (exact) mass is 275 g/mol. The van der Waals surface area contributed by atoms with Crippen molar-refractivity contribution in [2.45, 2.75) is 25.3 Å². The van der Waals surface area contributed by atoms with E-state index in [1.807, 2.05) is 12.1 Å². The number of carboxylic acid groups (broad SMARTS) is 1. The van der Waals surface area contributed by atoms with Crippen LogP contribution in [0.4, 0.5) is 15.3 Å². The highest BCUT2D eigenvalue weighted by Gasteiger charge is 2.24. The van der Waals surface area contributed by atoms with Crippen molar-refractivity contribution in [2.24, 2.45) is 0 Å². The Morgan fingerprint density at radius 2 is 2.05 bits per heavy atom. The number of likely N-dealkylation sites (tertiary alicyclic amines) is 1. The van der Waals surface area contributed by atoms with E-state index in [-0.39, 0.29) is 6.03 Å². The molecule has 106 valence electrons. The molecule has 20 heavy (non-hydrogen) atoms. The van der Waals surface area contributed by atoms with Gasteiger partial charge in [0.05, 0.1) is 0 Å². The van der Waals surface area contributed by atoms with E-state index in [1.165, 1.54) is 10.5 Å². The smallest absolute Gasteiger partial charge is 0.407 e. The molecule has 1 fully saturated rings. The highest BCUT2D eigenvalue weighted by molar-refractivity contribution is 5.92. The summed E-state index contributed by atoms with van der Waals surface area (Å²) in [5.74, 6) is 0.364. The van der Waals surface area contributed by atoms with Crippen LogP contribution in [0.25, 0.3) is 0 Å². The molecule has 3 rings (SSSR count). The minimum Gasteiger partial charge on any atom is -0.465 e. The molecule has 1 aromatic rings. The lowest BCUT2D eigenvalue weighted by Gasteiger charge is -2.31. The predicted octanol–water partition coefficient (Wildman–Crippen LogP) is 2.18. The summed E-state index contributed by atoms with van der Waals surface area (Å²) in [6, 6.07) is 5.96. The molecule has 2 heterocycles. The third kappa shape index (κ3) is 2.41. The Morgan fingerprint density at radius 1 is 1.30 bits per heavy atom. The number of nitrogens with zero attached hydrogens (tertiary/aromatic N) is 1. The summed E-state index contributed by atoms with van der Waals surface area (Å²) < 4.78 is 0. The summed E-state index contributed by atoms with van der Waals surface area (Å²) in [6.07, 6.45) is 0.821. The molecule has 1 aromatic carbocycles. The Labute approximate surface area is 116 Å². The van der Waals surface area contributed by atoms with Crippen molar-refractivity contribution in [2.75, 3.05) is 18.4 Å². The van der Waals surface area contributed by atoms with Crippen LogP contribution in [0.2, 0.25) is 0 Å². The highest BCUT2D eigenvalue weighted by atomic mass is 16.4. The maximum atomic E-state index is 11.3. The predicted molar refractivity (Wildman–Crippen MR) is 73.9 cm³/mol. The van der Waals surface area contributed by atoms with Gasteiger partial charge in [0, 0.05) is 25.3 Å². The second-order valence-electron chi connectivity index (χ2n) is 5.27. The summed E-state index contributed by atoms with van der Waals surface area (Å²) in [7, 11) is 0. The molecule has 0 unspecified atom stereocenters. The molecule has 3 amide bonds. The van der Waals surface area contributed by atoms with E-state index >= 15 is 0 Å². The van der Waals surface area contributed by atoms with Crippen LogP contribution in [0.15, 0.2) is 18.2 Å². The molecule has 0 aromatic heterocycles. The number of piperidine rings is 1. The van der Waals surface area contributed by atoms with E-state index in [0.717, 1.165) is 24.1 Å². The molecule has 2 aliphatic rings. The SMILES string of the molecule is O=C1NCc2ccc(C3CCN(C(=O)O)CC3)cc2N1. The van der Waals surface area contributed by atoms with Gasteiger partial charge in [-0.3, -0.25) is 0 Å². The maximum Gasteiger partial charge on any atom is 0.407 e. The second-order valence-corrected chi connectivity index (χ2v) is 5.27. The van der Waals surface area contributed by atoms with Crippen molar-refractivity contribution in [3.05, 3.63) is 29.3 Å². The summed E-state index contributed by atoms with van der Waals surface area (Å²) in [5.41, 5.74) is 3.12. The standard InChI is InChI=1S/C14H17N3O3/c18-13-15-8-11-2-1-10(7-12(11)16-13)9-3-5-17(6-4-9)14(19)20/h1-2,7,9H,3-6,8H2,(H,19,20)(H2,15,16,18). The molecule has 0 radical (unpaired) electrons. The first kappa shape index (κ1) is 12.8. The Morgan fingerprint density at radius 3 is 2.75 bits per heavy atom. The lowest BCUT2D eigenvalue weighted by atomic mass is 9.88. The number of hydrogen-bond donors (Lipinski definition) is 3. The largest absolute Gasteiger partial charge is 0.465 e. The lowest BCUT2D eigenvalue weighted by Crippen LogP contribution is -2.37. The molecule has 0 saturated carbocycles. The molecular formula is C14H17N3O3. The first-order chi connectivity index (χ1) is 9.63. The number of hydrogen-bond acceptors (Lipinski definition) is 2. The third-order valence-electron chi connectivity index (χ3n) is 4.06. The van der Waals surface area contributed by atoms with Gasteiger partial charge in [0.25, 0.3) is 0 Å². The molecule has 6 heteroatoms. The topological polar surface area (TPSA) is 81.7 Å². The van der Waals surface area contributed by atoms with Crippen molar-refractivity contribution in [3.8, 4) is 0 Å². The first-order valence-electron chi connectivity index (χ1n) is 6.79. The van der Waals surface area contributed by atoms with Gasteiger partial charge in [-0.1, -0.05) is 12.1 Å². The Bertz CT molecular complexity index is 551. The van der Waals surface area contributed by atoms with Crippen molar-refractivity contribution in [1.82, 2.24) is 10.2 Å². The zero-order valence-electron chi connectivity index (χ0n) is 11.1. The molecule has 0 spiro atoms. The fourth-order valence-corrected chi connectivity index (χ4v) is 2.86. The second kappa shape index (κ2) is 5.03. The van der Waals surface area contributed by atoms with Gasteiger partial charge >= 0.3 is 12.1 Å². The minimum absolute atomic E-state index is 0.171. The number of carbonyl (C=O) groups is 2. The molecule has 3 N–H and O–H groups in total. The van der Waals surface area contributed by atoms with Gasteiger partial charge in [-0.2, -0.15) is 0 Å². The number of carbonyl (C=O) groups excluding carboxylic acids is 1. The highest BCUT2D eigenvalue weighted by Crippen LogP contribution is 2.31. The molecule has 0 bridgehead atoms. The number of fused-ring (bicyclic) bond motifs is 1.